The third-order valence-corrected chi connectivity index (χ3v) is 4.32. The van der Waals surface area contributed by atoms with E-state index in [-0.39, 0.29) is 0 Å². The highest BCUT2D eigenvalue weighted by Crippen LogP contribution is 2.36. The van der Waals surface area contributed by atoms with Gasteiger partial charge >= 0.3 is 0 Å². The second kappa shape index (κ2) is 8.82. The van der Waals surface area contributed by atoms with Crippen LogP contribution in [0.25, 0.3) is 5.57 Å². The summed E-state index contributed by atoms with van der Waals surface area (Å²) in [5, 5.41) is 6.50. The summed E-state index contributed by atoms with van der Waals surface area (Å²) < 4.78 is 16.6. The second-order valence-corrected chi connectivity index (χ2v) is 5.76. The third-order valence-electron chi connectivity index (χ3n) is 4.32. The van der Waals surface area contributed by atoms with Crippen LogP contribution >= 0.6 is 0 Å². The fourth-order valence-electron chi connectivity index (χ4n) is 2.99. The number of nitriles is 1. The van der Waals surface area contributed by atoms with E-state index in [1.165, 1.54) is 0 Å². The van der Waals surface area contributed by atoms with Gasteiger partial charge in [0.15, 0.2) is 0 Å². The van der Waals surface area contributed by atoms with Crippen LogP contribution in [0.15, 0.2) is 42.5 Å². The number of hydrogen-bond acceptors (Lipinski definition) is 5. The summed E-state index contributed by atoms with van der Waals surface area (Å²) in [6, 6.07) is 12.3. The van der Waals surface area contributed by atoms with Crippen LogP contribution in [0.2, 0.25) is 0 Å². The van der Waals surface area contributed by atoms with Crippen molar-refractivity contribution in [1.82, 2.24) is 0 Å². The summed E-state index contributed by atoms with van der Waals surface area (Å²) in [4.78, 5) is 2.21. The fraction of sp³-hybridized carbons (Fsp3) is 0.286. The van der Waals surface area contributed by atoms with Crippen molar-refractivity contribution in [2.45, 2.75) is 6.92 Å². The smallest absolute Gasteiger partial charge is 0.143 e. The molecule has 0 atom stereocenters. The molecule has 0 bridgehead atoms. The van der Waals surface area contributed by atoms with E-state index >= 15 is 0 Å². The predicted molar refractivity (Wildman–Crippen MR) is 104 cm³/mol. The highest BCUT2D eigenvalue weighted by Gasteiger charge is 2.17. The van der Waals surface area contributed by atoms with Crippen LogP contribution in [0.5, 0.6) is 17.2 Å². The Balaban J connectivity index is 0.00000117. The number of anilines is 1. The van der Waals surface area contributed by atoms with E-state index in [1.807, 2.05) is 25.1 Å². The maximum absolute atomic E-state index is 6.50. The summed E-state index contributed by atoms with van der Waals surface area (Å²) in [5.74, 6) is 2.48. The molecule has 0 amide bonds. The number of hydrogen-bond donors (Lipinski definition) is 0. The molecular formula is C21H24N2O3. The number of fused-ring (bicyclic) bond motifs is 1. The summed E-state index contributed by atoms with van der Waals surface area (Å²) in [5.41, 5.74) is 4.41. The van der Waals surface area contributed by atoms with Crippen molar-refractivity contribution in [3.05, 3.63) is 53.6 Å². The van der Waals surface area contributed by atoms with Crippen LogP contribution in [-0.4, -0.2) is 34.4 Å². The van der Waals surface area contributed by atoms with Crippen LogP contribution in [0.3, 0.4) is 0 Å². The molecular weight excluding hydrogens is 328 g/mol. The molecule has 1 aliphatic rings. The van der Waals surface area contributed by atoms with Gasteiger partial charge in [0.05, 0.1) is 26.5 Å². The SMILES string of the molecule is C#N.C/C=C(/c1cc(OC)cc(OC)c1)c1ccc2c(c1)OCCN2C. The van der Waals surface area contributed by atoms with E-state index in [4.69, 9.17) is 19.5 Å². The van der Waals surface area contributed by atoms with Gasteiger partial charge in [-0.25, -0.2) is 5.26 Å². The third kappa shape index (κ3) is 3.92. The zero-order chi connectivity index (χ0) is 19.1. The summed E-state index contributed by atoms with van der Waals surface area (Å²) >= 11 is 0. The molecule has 5 nitrogen and oxygen atoms in total. The highest BCUT2D eigenvalue weighted by atomic mass is 16.5. The zero-order valence-corrected chi connectivity index (χ0v) is 15.7. The van der Waals surface area contributed by atoms with Crippen molar-refractivity contribution >= 4 is 11.3 Å². The number of rotatable bonds is 4. The summed E-state index contributed by atoms with van der Waals surface area (Å²) in [7, 11) is 5.41. The molecule has 0 N–H and O–H groups in total. The number of likely N-dealkylation sites (N-methyl/N-ethyl adjacent to an activating group) is 1. The second-order valence-electron chi connectivity index (χ2n) is 5.76. The van der Waals surface area contributed by atoms with Gasteiger partial charge < -0.3 is 19.1 Å². The molecule has 0 aliphatic carbocycles. The first-order valence-electron chi connectivity index (χ1n) is 8.30. The van der Waals surface area contributed by atoms with Gasteiger partial charge in [0.1, 0.15) is 23.9 Å². The molecule has 136 valence electrons. The van der Waals surface area contributed by atoms with Crippen molar-refractivity contribution in [3.63, 3.8) is 0 Å². The van der Waals surface area contributed by atoms with E-state index in [1.54, 1.807) is 14.2 Å². The molecule has 0 saturated heterocycles. The summed E-state index contributed by atoms with van der Waals surface area (Å²) in [6.07, 6.45) is 2.10. The Kier molecular flexibility index (Phi) is 6.51. The first kappa shape index (κ1) is 19.2. The number of methoxy groups -OCH3 is 2. The molecule has 3 rings (SSSR count). The molecule has 0 radical (unpaired) electrons. The largest absolute Gasteiger partial charge is 0.497 e. The minimum absolute atomic E-state index is 0.713. The number of allylic oxidation sites excluding steroid dienone is 1. The molecule has 0 spiro atoms. The maximum Gasteiger partial charge on any atom is 0.143 e. The number of ether oxygens (including phenoxy) is 3. The lowest BCUT2D eigenvalue weighted by Crippen LogP contribution is -2.28. The van der Waals surface area contributed by atoms with Gasteiger partial charge in [-0.15, -0.1) is 0 Å². The standard InChI is InChI=1S/C20H23NO3.CHN/c1-5-18(15-10-16(22-3)13-17(11-15)23-4)14-6-7-19-20(12-14)24-9-8-21(19)2;1-2/h5-7,10-13H,8-9H2,1-4H3;1H/b18-5+;. The minimum atomic E-state index is 0.713. The molecule has 0 fully saturated rings. The van der Waals surface area contributed by atoms with Gasteiger partial charge in [0, 0.05) is 19.7 Å². The van der Waals surface area contributed by atoms with Crippen molar-refractivity contribution in [2.75, 3.05) is 39.3 Å². The Labute approximate surface area is 155 Å². The average Bonchev–Trinajstić information content (AvgIpc) is 2.70. The molecule has 2 aromatic carbocycles. The predicted octanol–water partition coefficient (Wildman–Crippen LogP) is 4.12. The Morgan fingerprint density at radius 1 is 1.08 bits per heavy atom. The van der Waals surface area contributed by atoms with Gasteiger partial charge in [-0.1, -0.05) is 12.1 Å². The number of nitrogens with zero attached hydrogens (tertiary/aromatic N) is 2. The zero-order valence-electron chi connectivity index (χ0n) is 15.7. The quantitative estimate of drug-likeness (QED) is 0.828. The van der Waals surface area contributed by atoms with Crippen molar-refractivity contribution in [2.24, 2.45) is 0 Å². The van der Waals surface area contributed by atoms with E-state index in [0.29, 0.717) is 6.61 Å². The van der Waals surface area contributed by atoms with Crippen LogP contribution in [0.4, 0.5) is 5.69 Å². The highest BCUT2D eigenvalue weighted by molar-refractivity contribution is 5.83. The molecule has 0 unspecified atom stereocenters. The topological polar surface area (TPSA) is 54.7 Å². The molecule has 5 heteroatoms. The molecule has 26 heavy (non-hydrogen) atoms. The normalized spacial score (nSPS) is 13.0. The average molecular weight is 352 g/mol. The lowest BCUT2D eigenvalue weighted by atomic mass is 9.96. The molecule has 0 aromatic heterocycles. The molecule has 2 aromatic rings. The number of benzene rings is 2. The van der Waals surface area contributed by atoms with E-state index < -0.39 is 0 Å². The Hall–Kier alpha value is -3.13. The van der Waals surface area contributed by atoms with Crippen molar-refractivity contribution < 1.29 is 14.2 Å². The van der Waals surface area contributed by atoms with Crippen LogP contribution in [0, 0.1) is 11.8 Å². The van der Waals surface area contributed by atoms with Gasteiger partial charge in [0.25, 0.3) is 0 Å². The first-order chi connectivity index (χ1) is 12.7. The van der Waals surface area contributed by atoms with Crippen molar-refractivity contribution in [1.29, 1.82) is 5.26 Å². The van der Waals surface area contributed by atoms with E-state index in [0.717, 1.165) is 46.2 Å². The van der Waals surface area contributed by atoms with Crippen LogP contribution in [0.1, 0.15) is 18.1 Å². The first-order valence-corrected chi connectivity index (χ1v) is 8.30. The fourth-order valence-corrected chi connectivity index (χ4v) is 2.99. The van der Waals surface area contributed by atoms with Gasteiger partial charge in [0.2, 0.25) is 0 Å². The Morgan fingerprint density at radius 2 is 1.73 bits per heavy atom. The minimum Gasteiger partial charge on any atom is -0.497 e. The Bertz CT molecular complexity index is 790. The lowest BCUT2D eigenvalue weighted by molar-refractivity contribution is 0.311. The van der Waals surface area contributed by atoms with E-state index in [9.17, 15) is 0 Å². The van der Waals surface area contributed by atoms with Gasteiger partial charge in [-0.2, -0.15) is 0 Å². The molecule has 0 saturated carbocycles. The van der Waals surface area contributed by atoms with Crippen LogP contribution in [-0.2, 0) is 0 Å². The van der Waals surface area contributed by atoms with Crippen molar-refractivity contribution in [3.8, 4) is 23.8 Å². The molecule has 1 heterocycles. The Morgan fingerprint density at radius 3 is 2.31 bits per heavy atom. The van der Waals surface area contributed by atoms with Crippen LogP contribution < -0.4 is 19.1 Å². The maximum atomic E-state index is 6.50. The molecule has 1 aliphatic heterocycles. The van der Waals surface area contributed by atoms with Gasteiger partial charge in [-0.05, 0) is 47.9 Å². The lowest BCUT2D eigenvalue weighted by Gasteiger charge is -2.28. The summed E-state index contributed by atoms with van der Waals surface area (Å²) in [6.45, 7) is 7.16. The monoisotopic (exact) mass is 352 g/mol. The van der Waals surface area contributed by atoms with Gasteiger partial charge in [-0.3, -0.25) is 0 Å². The van der Waals surface area contributed by atoms with E-state index in [2.05, 4.69) is 42.8 Å².